The van der Waals surface area contributed by atoms with Crippen LogP contribution in [0.5, 0.6) is 0 Å². The average Bonchev–Trinajstić information content (AvgIpc) is 3.30. The summed E-state index contributed by atoms with van der Waals surface area (Å²) in [7, 11) is 0. The molecule has 0 saturated heterocycles. The number of aromatic nitrogens is 2. The van der Waals surface area contributed by atoms with E-state index in [1.807, 2.05) is 6.07 Å². The van der Waals surface area contributed by atoms with E-state index in [-0.39, 0.29) is 17.1 Å². The second kappa shape index (κ2) is 5.60. The molecule has 1 amide bonds. The number of anilines is 1. The van der Waals surface area contributed by atoms with Crippen LogP contribution in [0.3, 0.4) is 0 Å². The van der Waals surface area contributed by atoms with Crippen molar-refractivity contribution in [3.05, 3.63) is 87.5 Å². The number of nitrogens with zero attached hydrogens (tertiary/aromatic N) is 3. The van der Waals surface area contributed by atoms with E-state index in [1.165, 1.54) is 16.2 Å². The van der Waals surface area contributed by atoms with E-state index in [2.05, 4.69) is 9.97 Å². The first kappa shape index (κ1) is 15.0. The topological polar surface area (TPSA) is 76.3 Å². The van der Waals surface area contributed by atoms with Crippen molar-refractivity contribution in [1.82, 2.24) is 9.97 Å². The van der Waals surface area contributed by atoms with Crippen molar-refractivity contribution in [3.8, 4) is 0 Å². The molecule has 1 aromatic carbocycles. The van der Waals surface area contributed by atoms with Crippen molar-refractivity contribution in [2.45, 2.75) is 6.04 Å². The van der Waals surface area contributed by atoms with Gasteiger partial charge in [-0.25, -0.2) is 4.98 Å². The molecule has 0 bridgehead atoms. The number of para-hydroxylation sites is 1. The fourth-order valence-electron chi connectivity index (χ4n) is 3.27. The molecule has 0 saturated carbocycles. The van der Waals surface area contributed by atoms with Gasteiger partial charge in [-0.3, -0.25) is 19.5 Å². The summed E-state index contributed by atoms with van der Waals surface area (Å²) in [6.45, 7) is 0. The summed E-state index contributed by atoms with van der Waals surface area (Å²) in [4.78, 5) is 36.4. The molecule has 4 aromatic rings. The van der Waals surface area contributed by atoms with E-state index in [9.17, 15) is 9.59 Å². The first-order valence-corrected chi connectivity index (χ1v) is 8.83. The Labute approximate surface area is 151 Å². The lowest BCUT2D eigenvalue weighted by Crippen LogP contribution is -2.29. The Morgan fingerprint density at radius 3 is 2.62 bits per heavy atom. The first-order chi connectivity index (χ1) is 12.8. The number of amides is 1. The van der Waals surface area contributed by atoms with Gasteiger partial charge in [0.1, 0.15) is 11.6 Å². The third-order valence-corrected chi connectivity index (χ3v) is 5.14. The Hall–Kier alpha value is -3.32. The van der Waals surface area contributed by atoms with Crippen LogP contribution in [-0.4, -0.2) is 15.9 Å². The summed E-state index contributed by atoms with van der Waals surface area (Å²) in [5, 5.41) is 2.73. The van der Waals surface area contributed by atoms with Gasteiger partial charge >= 0.3 is 0 Å². The second-order valence-electron chi connectivity index (χ2n) is 5.82. The largest absolute Gasteiger partial charge is 0.450 e. The van der Waals surface area contributed by atoms with E-state index in [0.717, 1.165) is 0 Å². The highest BCUT2D eigenvalue weighted by molar-refractivity contribution is 7.13. The Bertz CT molecular complexity index is 1190. The number of thiazole rings is 1. The molecule has 7 heteroatoms. The Morgan fingerprint density at radius 1 is 1.00 bits per heavy atom. The van der Waals surface area contributed by atoms with Gasteiger partial charge in [0, 0.05) is 17.8 Å². The van der Waals surface area contributed by atoms with Crippen LogP contribution in [0.1, 0.15) is 27.9 Å². The monoisotopic (exact) mass is 361 g/mol. The van der Waals surface area contributed by atoms with Gasteiger partial charge < -0.3 is 4.42 Å². The van der Waals surface area contributed by atoms with Crippen molar-refractivity contribution in [2.75, 3.05) is 4.90 Å². The molecular formula is C19H11N3O3S. The van der Waals surface area contributed by atoms with Gasteiger partial charge in [0.25, 0.3) is 5.91 Å². The van der Waals surface area contributed by atoms with E-state index in [4.69, 9.17) is 4.42 Å². The maximum atomic E-state index is 13.2. The number of benzene rings is 1. The molecule has 4 heterocycles. The van der Waals surface area contributed by atoms with Crippen molar-refractivity contribution >= 4 is 33.3 Å². The molecule has 1 atom stereocenters. The van der Waals surface area contributed by atoms with Crippen LogP contribution in [0.2, 0.25) is 0 Å². The molecular weight excluding hydrogens is 350 g/mol. The molecule has 0 radical (unpaired) electrons. The van der Waals surface area contributed by atoms with Crippen molar-refractivity contribution < 1.29 is 9.21 Å². The molecule has 126 valence electrons. The number of hydrogen-bond acceptors (Lipinski definition) is 6. The number of hydrogen-bond donors (Lipinski definition) is 0. The lowest BCUT2D eigenvalue weighted by molar-refractivity contribution is 0.0970. The fraction of sp³-hybridized carbons (Fsp3) is 0.0526. The number of carbonyl (C=O) groups excluding carboxylic acids is 1. The summed E-state index contributed by atoms with van der Waals surface area (Å²) in [6, 6.07) is 11.7. The van der Waals surface area contributed by atoms with Crippen molar-refractivity contribution in [1.29, 1.82) is 0 Å². The van der Waals surface area contributed by atoms with Gasteiger partial charge in [0.05, 0.1) is 16.6 Å². The molecule has 1 aliphatic heterocycles. The zero-order chi connectivity index (χ0) is 17.7. The summed E-state index contributed by atoms with van der Waals surface area (Å²) in [5.41, 5.74) is 1.08. The lowest BCUT2D eigenvalue weighted by atomic mass is 10.0. The zero-order valence-corrected chi connectivity index (χ0v) is 14.1. The SMILES string of the molecule is O=C1c2oc3ccccc3c(=O)c2C(c2ccccn2)N1c1nccs1. The normalized spacial score (nSPS) is 16.2. The van der Waals surface area contributed by atoms with Crippen LogP contribution >= 0.6 is 11.3 Å². The van der Waals surface area contributed by atoms with Gasteiger partial charge in [-0.2, -0.15) is 0 Å². The predicted octanol–water partition coefficient (Wildman–Crippen LogP) is 3.39. The van der Waals surface area contributed by atoms with Crippen LogP contribution in [0, 0.1) is 0 Å². The molecule has 1 aliphatic rings. The van der Waals surface area contributed by atoms with E-state index in [1.54, 1.807) is 54.2 Å². The summed E-state index contributed by atoms with van der Waals surface area (Å²) in [5.74, 6) is -0.326. The minimum atomic E-state index is -0.661. The van der Waals surface area contributed by atoms with E-state index >= 15 is 0 Å². The van der Waals surface area contributed by atoms with Gasteiger partial charge in [-0.1, -0.05) is 18.2 Å². The van der Waals surface area contributed by atoms with Gasteiger partial charge in [0.2, 0.25) is 5.76 Å². The number of carbonyl (C=O) groups is 1. The van der Waals surface area contributed by atoms with Gasteiger partial charge in [-0.05, 0) is 24.3 Å². The molecule has 0 spiro atoms. The minimum Gasteiger partial charge on any atom is -0.450 e. The Balaban J connectivity index is 1.85. The average molecular weight is 361 g/mol. The van der Waals surface area contributed by atoms with Crippen LogP contribution in [0.15, 0.2) is 69.5 Å². The molecule has 3 aromatic heterocycles. The Kier molecular flexibility index (Phi) is 3.23. The maximum absolute atomic E-state index is 13.2. The molecule has 0 fully saturated rings. The van der Waals surface area contributed by atoms with Crippen LogP contribution in [0.4, 0.5) is 5.13 Å². The van der Waals surface area contributed by atoms with Crippen LogP contribution in [-0.2, 0) is 0 Å². The molecule has 0 aliphatic carbocycles. The summed E-state index contributed by atoms with van der Waals surface area (Å²) in [6.07, 6.45) is 3.26. The second-order valence-corrected chi connectivity index (χ2v) is 6.69. The molecule has 26 heavy (non-hydrogen) atoms. The molecule has 1 unspecified atom stereocenters. The lowest BCUT2D eigenvalue weighted by Gasteiger charge is -2.21. The maximum Gasteiger partial charge on any atom is 0.297 e. The van der Waals surface area contributed by atoms with Crippen LogP contribution < -0.4 is 10.3 Å². The molecule has 0 N–H and O–H groups in total. The van der Waals surface area contributed by atoms with Crippen molar-refractivity contribution in [3.63, 3.8) is 0 Å². The quantitative estimate of drug-likeness (QED) is 0.547. The van der Waals surface area contributed by atoms with Crippen LogP contribution in [0.25, 0.3) is 11.0 Å². The van der Waals surface area contributed by atoms with Gasteiger partial charge in [0.15, 0.2) is 10.6 Å². The fourth-order valence-corrected chi connectivity index (χ4v) is 3.94. The van der Waals surface area contributed by atoms with E-state index < -0.39 is 6.04 Å². The minimum absolute atomic E-state index is 0.0551. The highest BCUT2D eigenvalue weighted by Crippen LogP contribution is 2.40. The zero-order valence-electron chi connectivity index (χ0n) is 13.3. The summed E-state index contributed by atoms with van der Waals surface area (Å²) >= 11 is 1.33. The van der Waals surface area contributed by atoms with E-state index in [0.29, 0.717) is 27.4 Å². The number of rotatable bonds is 2. The number of fused-ring (bicyclic) bond motifs is 2. The molecule has 5 rings (SSSR count). The first-order valence-electron chi connectivity index (χ1n) is 7.95. The summed E-state index contributed by atoms with van der Waals surface area (Å²) < 4.78 is 5.84. The smallest absolute Gasteiger partial charge is 0.297 e. The highest BCUT2D eigenvalue weighted by Gasteiger charge is 2.45. The molecule has 6 nitrogen and oxygen atoms in total. The van der Waals surface area contributed by atoms with Crippen molar-refractivity contribution in [2.24, 2.45) is 0 Å². The Morgan fingerprint density at radius 2 is 1.85 bits per heavy atom. The van der Waals surface area contributed by atoms with Gasteiger partial charge in [-0.15, -0.1) is 11.3 Å². The predicted molar refractivity (Wildman–Crippen MR) is 97.5 cm³/mol. The number of pyridine rings is 1. The standard InChI is InChI=1S/C19H11N3O3S/c23-16-11-5-1-2-7-13(11)25-17-14(16)15(12-6-3-4-8-20-12)22(18(17)24)19-21-9-10-26-19/h1-10,15H. The third kappa shape index (κ3) is 2.04. The third-order valence-electron chi connectivity index (χ3n) is 4.37. The highest BCUT2D eigenvalue weighted by atomic mass is 32.1.